The van der Waals surface area contributed by atoms with Crippen LogP contribution in [0.3, 0.4) is 0 Å². The molecule has 4 nitrogen and oxygen atoms in total. The summed E-state index contributed by atoms with van der Waals surface area (Å²) >= 11 is 0. The molecule has 0 spiro atoms. The fraction of sp³-hybridized carbons (Fsp3) is 0.188. The third kappa shape index (κ3) is 3.21. The second-order valence-corrected chi connectivity index (χ2v) is 4.69. The van der Waals surface area contributed by atoms with Crippen LogP contribution in [0.2, 0.25) is 0 Å². The lowest BCUT2D eigenvalue weighted by Gasteiger charge is -2.17. The van der Waals surface area contributed by atoms with Crippen molar-refractivity contribution in [1.29, 1.82) is 5.26 Å². The first kappa shape index (κ1) is 13.8. The summed E-state index contributed by atoms with van der Waals surface area (Å²) in [4.78, 5) is 17.9. The first-order valence-corrected chi connectivity index (χ1v) is 6.27. The number of nitriles is 1. The minimum absolute atomic E-state index is 0.191. The van der Waals surface area contributed by atoms with Gasteiger partial charge in [-0.05, 0) is 24.6 Å². The Morgan fingerprint density at radius 3 is 2.85 bits per heavy atom. The lowest BCUT2D eigenvalue weighted by Crippen LogP contribution is -2.27. The smallest absolute Gasteiger partial charge is 0.272 e. The van der Waals surface area contributed by atoms with E-state index in [4.69, 9.17) is 5.26 Å². The second kappa shape index (κ2) is 5.98. The first-order valence-electron chi connectivity index (χ1n) is 6.27. The summed E-state index contributed by atoms with van der Waals surface area (Å²) in [6.45, 7) is 2.53. The standard InChI is InChI=1S/C16H15N3O/c1-12-4-3-5-14(8-12)11-19(2)16(20)15-9-13(10-17)6-7-18-15/h3-9H,11H2,1-2H3. The molecule has 0 atom stereocenters. The monoisotopic (exact) mass is 265 g/mol. The molecule has 1 amide bonds. The Kier molecular flexibility index (Phi) is 4.11. The maximum absolute atomic E-state index is 12.3. The van der Waals surface area contributed by atoms with Crippen molar-refractivity contribution in [1.82, 2.24) is 9.88 Å². The van der Waals surface area contributed by atoms with Crippen molar-refractivity contribution in [2.75, 3.05) is 7.05 Å². The number of rotatable bonds is 3. The lowest BCUT2D eigenvalue weighted by atomic mass is 10.1. The Bertz CT molecular complexity index is 673. The van der Waals surface area contributed by atoms with Crippen molar-refractivity contribution in [2.45, 2.75) is 13.5 Å². The van der Waals surface area contributed by atoms with Crippen LogP contribution in [-0.4, -0.2) is 22.8 Å². The van der Waals surface area contributed by atoms with Gasteiger partial charge in [0.2, 0.25) is 0 Å². The van der Waals surface area contributed by atoms with Crippen LogP contribution >= 0.6 is 0 Å². The molecule has 2 aromatic rings. The largest absolute Gasteiger partial charge is 0.336 e. The average molecular weight is 265 g/mol. The van der Waals surface area contributed by atoms with Crippen LogP contribution in [0.15, 0.2) is 42.6 Å². The predicted octanol–water partition coefficient (Wildman–Crippen LogP) is 2.53. The van der Waals surface area contributed by atoms with Gasteiger partial charge < -0.3 is 4.90 Å². The van der Waals surface area contributed by atoms with Crippen molar-refractivity contribution >= 4 is 5.91 Å². The minimum Gasteiger partial charge on any atom is -0.336 e. The number of nitrogens with zero attached hydrogens (tertiary/aromatic N) is 3. The van der Waals surface area contributed by atoms with Gasteiger partial charge in [0.1, 0.15) is 5.69 Å². The molecule has 0 radical (unpaired) electrons. The molecule has 0 fully saturated rings. The zero-order valence-corrected chi connectivity index (χ0v) is 11.5. The molecular formula is C16H15N3O. The highest BCUT2D eigenvalue weighted by molar-refractivity contribution is 5.92. The van der Waals surface area contributed by atoms with E-state index in [0.29, 0.717) is 17.8 Å². The van der Waals surface area contributed by atoms with Gasteiger partial charge in [-0.25, -0.2) is 0 Å². The van der Waals surface area contributed by atoms with Crippen LogP contribution in [0.4, 0.5) is 0 Å². The zero-order chi connectivity index (χ0) is 14.5. The SMILES string of the molecule is Cc1cccc(CN(C)C(=O)c2cc(C#N)ccn2)c1. The Balaban J connectivity index is 2.14. The van der Waals surface area contributed by atoms with Crippen LogP contribution in [-0.2, 0) is 6.54 Å². The number of hydrogen-bond donors (Lipinski definition) is 0. The van der Waals surface area contributed by atoms with E-state index in [2.05, 4.69) is 4.98 Å². The molecule has 0 N–H and O–H groups in total. The molecule has 2 rings (SSSR count). The molecule has 1 heterocycles. The van der Waals surface area contributed by atoms with E-state index in [1.54, 1.807) is 18.0 Å². The molecule has 4 heteroatoms. The third-order valence-corrected chi connectivity index (χ3v) is 2.96. The number of hydrogen-bond acceptors (Lipinski definition) is 3. The van der Waals surface area contributed by atoms with Crippen molar-refractivity contribution < 1.29 is 4.79 Å². The molecular weight excluding hydrogens is 250 g/mol. The topological polar surface area (TPSA) is 57.0 Å². The molecule has 0 aliphatic rings. The average Bonchev–Trinajstić information content (AvgIpc) is 2.46. The van der Waals surface area contributed by atoms with Gasteiger partial charge in [-0.2, -0.15) is 5.26 Å². The van der Waals surface area contributed by atoms with Crippen LogP contribution in [0.5, 0.6) is 0 Å². The Morgan fingerprint density at radius 1 is 1.35 bits per heavy atom. The predicted molar refractivity (Wildman–Crippen MR) is 75.9 cm³/mol. The van der Waals surface area contributed by atoms with Crippen molar-refractivity contribution in [2.24, 2.45) is 0 Å². The van der Waals surface area contributed by atoms with Crippen molar-refractivity contribution in [3.8, 4) is 6.07 Å². The van der Waals surface area contributed by atoms with E-state index in [9.17, 15) is 4.79 Å². The molecule has 20 heavy (non-hydrogen) atoms. The summed E-state index contributed by atoms with van der Waals surface area (Å²) in [5.74, 6) is -0.191. The van der Waals surface area contributed by atoms with E-state index in [1.165, 1.54) is 12.3 Å². The molecule has 100 valence electrons. The Labute approximate surface area is 118 Å². The highest BCUT2D eigenvalue weighted by Gasteiger charge is 2.13. The number of amides is 1. The summed E-state index contributed by atoms with van der Waals surface area (Å²) in [6.07, 6.45) is 1.48. The number of carbonyl (C=O) groups is 1. The van der Waals surface area contributed by atoms with Crippen LogP contribution in [0.25, 0.3) is 0 Å². The van der Waals surface area contributed by atoms with E-state index < -0.39 is 0 Å². The summed E-state index contributed by atoms with van der Waals surface area (Å²) in [7, 11) is 1.73. The zero-order valence-electron chi connectivity index (χ0n) is 11.5. The first-order chi connectivity index (χ1) is 9.60. The summed E-state index contributed by atoms with van der Waals surface area (Å²) in [6, 6.07) is 13.1. The van der Waals surface area contributed by atoms with E-state index in [1.807, 2.05) is 37.3 Å². The quantitative estimate of drug-likeness (QED) is 0.857. The van der Waals surface area contributed by atoms with Crippen molar-refractivity contribution in [3.05, 3.63) is 65.0 Å². The number of carbonyl (C=O) groups excluding carboxylic acids is 1. The minimum atomic E-state index is -0.191. The van der Waals surface area contributed by atoms with Gasteiger partial charge in [0, 0.05) is 19.8 Å². The number of benzene rings is 1. The fourth-order valence-electron chi connectivity index (χ4n) is 1.97. The van der Waals surface area contributed by atoms with E-state index in [0.717, 1.165) is 11.1 Å². The Morgan fingerprint density at radius 2 is 2.15 bits per heavy atom. The van der Waals surface area contributed by atoms with E-state index >= 15 is 0 Å². The molecule has 0 unspecified atom stereocenters. The van der Waals surface area contributed by atoms with Gasteiger partial charge in [-0.1, -0.05) is 29.8 Å². The number of aryl methyl sites for hydroxylation is 1. The fourth-order valence-corrected chi connectivity index (χ4v) is 1.97. The third-order valence-electron chi connectivity index (χ3n) is 2.96. The summed E-state index contributed by atoms with van der Waals surface area (Å²) < 4.78 is 0. The van der Waals surface area contributed by atoms with Gasteiger partial charge in [-0.3, -0.25) is 9.78 Å². The number of aromatic nitrogens is 1. The summed E-state index contributed by atoms with van der Waals surface area (Å²) in [5, 5.41) is 8.85. The molecule has 0 saturated heterocycles. The highest BCUT2D eigenvalue weighted by Crippen LogP contribution is 2.09. The molecule has 0 bridgehead atoms. The lowest BCUT2D eigenvalue weighted by molar-refractivity contribution is 0.0779. The highest BCUT2D eigenvalue weighted by atomic mass is 16.2. The van der Waals surface area contributed by atoms with E-state index in [-0.39, 0.29) is 5.91 Å². The second-order valence-electron chi connectivity index (χ2n) is 4.69. The van der Waals surface area contributed by atoms with Crippen LogP contribution in [0, 0.1) is 18.3 Å². The Hall–Kier alpha value is -2.67. The maximum Gasteiger partial charge on any atom is 0.272 e. The molecule has 0 aliphatic heterocycles. The molecule has 1 aromatic carbocycles. The van der Waals surface area contributed by atoms with Crippen LogP contribution < -0.4 is 0 Å². The summed E-state index contributed by atoms with van der Waals surface area (Å²) in [5.41, 5.74) is 2.96. The van der Waals surface area contributed by atoms with Gasteiger partial charge >= 0.3 is 0 Å². The van der Waals surface area contributed by atoms with Gasteiger partial charge in [0.05, 0.1) is 11.6 Å². The van der Waals surface area contributed by atoms with Crippen molar-refractivity contribution in [3.63, 3.8) is 0 Å². The molecule has 0 aliphatic carbocycles. The number of pyridine rings is 1. The van der Waals surface area contributed by atoms with Gasteiger partial charge in [-0.15, -0.1) is 0 Å². The maximum atomic E-state index is 12.3. The van der Waals surface area contributed by atoms with Gasteiger partial charge in [0.15, 0.2) is 0 Å². The normalized spacial score (nSPS) is 9.85. The molecule has 1 aromatic heterocycles. The molecule has 0 saturated carbocycles. The van der Waals surface area contributed by atoms with Gasteiger partial charge in [0.25, 0.3) is 5.91 Å². The van der Waals surface area contributed by atoms with Crippen LogP contribution in [0.1, 0.15) is 27.2 Å².